The molecule has 1 N–H and O–H groups in total. The molecule has 0 radical (unpaired) electrons. The van der Waals surface area contributed by atoms with Crippen LogP contribution in [-0.2, 0) is 18.8 Å². The maximum absolute atomic E-state index is 12.6. The second-order valence-corrected chi connectivity index (χ2v) is 9.37. The number of aromatic amines is 1. The van der Waals surface area contributed by atoms with Crippen LogP contribution in [-0.4, -0.2) is 40.6 Å². The predicted octanol–water partition coefficient (Wildman–Crippen LogP) is 1.91. The molecule has 0 spiro atoms. The Morgan fingerprint density at radius 2 is 2.11 bits per heavy atom. The van der Waals surface area contributed by atoms with Gasteiger partial charge in [0.25, 0.3) is 5.56 Å². The van der Waals surface area contributed by atoms with E-state index in [1.807, 2.05) is 0 Å². The Bertz CT molecular complexity index is 1330. The van der Waals surface area contributed by atoms with Crippen LogP contribution < -0.4 is 20.9 Å². The van der Waals surface area contributed by atoms with Crippen LogP contribution in [0.3, 0.4) is 0 Å². The summed E-state index contributed by atoms with van der Waals surface area (Å²) in [5.41, 5.74) is -4.37. The monoisotopic (exact) mass is 565 g/mol. The molecule has 0 fully saturated rings. The zero-order chi connectivity index (χ0) is 25.8. The minimum absolute atomic E-state index is 0.278. The van der Waals surface area contributed by atoms with Gasteiger partial charge in [0.15, 0.2) is 11.8 Å². The van der Waals surface area contributed by atoms with Crippen molar-refractivity contribution >= 4 is 30.1 Å². The van der Waals surface area contributed by atoms with Crippen LogP contribution in [0.1, 0.15) is 18.7 Å². The van der Waals surface area contributed by atoms with Crippen LogP contribution in [0.15, 0.2) is 61.4 Å². The maximum atomic E-state index is 12.6. The van der Waals surface area contributed by atoms with Crippen LogP contribution in [0.25, 0.3) is 0 Å². The third-order valence-electron chi connectivity index (χ3n) is 4.88. The standard InChI is InChI=1S/C22H21BrN3O8P/c1-5-22(11-10-17(34-22)26-12-14(2)18(27)24-20(26)29)13-32-35(30)25-21(3,19(28)31-4)33-16-8-6-15(23)7-9-16/h1,6-12,17H,13H2,2-4H3,(H,24,27,29)/t17-,21-,22+/m1/s1. The number of esters is 1. The van der Waals surface area contributed by atoms with Gasteiger partial charge in [-0.3, -0.25) is 14.3 Å². The van der Waals surface area contributed by atoms with Crippen molar-refractivity contribution in [2.45, 2.75) is 31.4 Å². The van der Waals surface area contributed by atoms with Gasteiger partial charge in [-0.1, -0.05) is 21.9 Å². The van der Waals surface area contributed by atoms with E-state index in [-0.39, 0.29) is 5.75 Å². The van der Waals surface area contributed by atoms with Crippen LogP contribution in [0.5, 0.6) is 5.75 Å². The van der Waals surface area contributed by atoms with Gasteiger partial charge in [0.2, 0.25) is 0 Å². The van der Waals surface area contributed by atoms with Crippen molar-refractivity contribution in [1.82, 2.24) is 9.55 Å². The number of H-pyrrole nitrogens is 1. The first-order valence-electron chi connectivity index (χ1n) is 10.0. The number of hydrogen-bond donors (Lipinski definition) is 1. The zero-order valence-electron chi connectivity index (χ0n) is 18.9. The number of carbonyl (C=O) groups excluding carboxylic acids is 1. The summed E-state index contributed by atoms with van der Waals surface area (Å²) in [5, 5.41) is 0. The highest BCUT2D eigenvalue weighted by Crippen LogP contribution is 2.34. The molecule has 0 bridgehead atoms. The van der Waals surface area contributed by atoms with Crippen molar-refractivity contribution < 1.29 is 28.4 Å². The SMILES string of the molecule is C#C[C@@]1(CO[P+]([O-])=N[C@](C)(Oc2ccc(Br)cc2)C(=O)OC)C=C[C@H](n2cc(C)c(=O)[nH]c2=O)O1. The fourth-order valence-corrected chi connectivity index (χ4v) is 4.08. The fourth-order valence-electron chi connectivity index (χ4n) is 3.02. The fraction of sp³-hybridized carbons (Fsp3) is 0.318. The lowest BCUT2D eigenvalue weighted by Crippen LogP contribution is -2.40. The van der Waals surface area contributed by atoms with E-state index in [0.717, 1.165) is 16.1 Å². The number of rotatable bonds is 8. The first kappa shape index (κ1) is 26.5. The lowest BCUT2D eigenvalue weighted by atomic mass is 10.1. The van der Waals surface area contributed by atoms with Gasteiger partial charge < -0.3 is 19.1 Å². The summed E-state index contributed by atoms with van der Waals surface area (Å²) < 4.78 is 27.3. The van der Waals surface area contributed by atoms with Gasteiger partial charge in [-0.15, -0.1) is 6.42 Å². The van der Waals surface area contributed by atoms with E-state index in [1.165, 1.54) is 32.2 Å². The molecule has 4 atom stereocenters. The highest BCUT2D eigenvalue weighted by Gasteiger charge is 2.42. The van der Waals surface area contributed by atoms with Crippen molar-refractivity contribution in [3.8, 4) is 18.1 Å². The molecule has 184 valence electrons. The smallest absolute Gasteiger partial charge is 0.377 e. The van der Waals surface area contributed by atoms with Gasteiger partial charge in [0.05, 0.1) is 7.11 Å². The van der Waals surface area contributed by atoms with E-state index in [9.17, 15) is 19.3 Å². The Hall–Kier alpha value is -3.07. The van der Waals surface area contributed by atoms with Crippen LogP contribution in [0, 0.1) is 19.3 Å². The molecule has 2 aromatic rings. The van der Waals surface area contributed by atoms with E-state index in [0.29, 0.717) is 5.56 Å². The van der Waals surface area contributed by atoms with Crippen molar-refractivity contribution in [2.24, 2.45) is 4.74 Å². The Morgan fingerprint density at radius 1 is 1.43 bits per heavy atom. The Labute approximate surface area is 209 Å². The minimum Gasteiger partial charge on any atom is -0.583 e. The average Bonchev–Trinajstić information content (AvgIpc) is 3.25. The van der Waals surface area contributed by atoms with E-state index < -0.39 is 49.5 Å². The Balaban J connectivity index is 1.76. The van der Waals surface area contributed by atoms with Gasteiger partial charge in [0, 0.05) is 23.2 Å². The predicted molar refractivity (Wildman–Crippen MR) is 127 cm³/mol. The lowest BCUT2D eigenvalue weighted by molar-refractivity contribution is -0.182. The van der Waals surface area contributed by atoms with E-state index in [2.05, 4.69) is 31.6 Å². The summed E-state index contributed by atoms with van der Waals surface area (Å²) in [6.07, 6.45) is 8.98. The number of aryl methyl sites for hydroxylation is 1. The van der Waals surface area contributed by atoms with Gasteiger partial charge >= 0.3 is 25.6 Å². The first-order valence-corrected chi connectivity index (χ1v) is 12.0. The molecule has 1 unspecified atom stereocenters. The molecule has 35 heavy (non-hydrogen) atoms. The van der Waals surface area contributed by atoms with E-state index in [4.69, 9.17) is 25.2 Å². The van der Waals surface area contributed by atoms with Crippen molar-refractivity contribution in [2.75, 3.05) is 13.7 Å². The summed E-state index contributed by atoms with van der Waals surface area (Å²) >= 11 is 3.30. The van der Waals surface area contributed by atoms with Crippen molar-refractivity contribution in [3.05, 3.63) is 73.5 Å². The topological polar surface area (TPSA) is 144 Å². The molecule has 1 aliphatic rings. The molecule has 0 aliphatic carbocycles. The van der Waals surface area contributed by atoms with Gasteiger partial charge in [-0.05, 0) is 48.1 Å². The molecule has 13 heteroatoms. The summed E-state index contributed by atoms with van der Waals surface area (Å²) in [7, 11) is -1.69. The lowest BCUT2D eigenvalue weighted by Gasteiger charge is -2.23. The van der Waals surface area contributed by atoms with Crippen molar-refractivity contribution in [1.29, 1.82) is 0 Å². The number of benzene rings is 1. The van der Waals surface area contributed by atoms with Crippen LogP contribution in [0.4, 0.5) is 0 Å². The first-order chi connectivity index (χ1) is 16.5. The molecule has 11 nitrogen and oxygen atoms in total. The number of halogens is 1. The molecule has 3 rings (SSSR count). The number of methoxy groups -OCH3 is 1. The molecule has 1 aromatic heterocycles. The second-order valence-electron chi connectivity index (χ2n) is 7.52. The highest BCUT2D eigenvalue weighted by molar-refractivity contribution is 9.10. The number of ether oxygens (including phenoxy) is 3. The summed E-state index contributed by atoms with van der Waals surface area (Å²) in [4.78, 5) is 50.9. The number of aromatic nitrogens is 2. The highest BCUT2D eigenvalue weighted by atomic mass is 79.9. The minimum atomic E-state index is -2.83. The largest absolute Gasteiger partial charge is 0.583 e. The van der Waals surface area contributed by atoms with Crippen LogP contribution in [0.2, 0.25) is 0 Å². The van der Waals surface area contributed by atoms with E-state index in [1.54, 1.807) is 24.3 Å². The molecular formula is C22H21BrN3O8P. The molecule has 2 heterocycles. The molecule has 0 saturated heterocycles. The molecule has 0 amide bonds. The number of nitrogens with one attached hydrogen (secondary N) is 1. The van der Waals surface area contributed by atoms with Gasteiger partial charge in [-0.25, -0.2) is 9.59 Å². The number of hydrogen-bond acceptors (Lipinski definition) is 9. The maximum Gasteiger partial charge on any atom is 0.377 e. The van der Waals surface area contributed by atoms with Crippen molar-refractivity contribution in [3.63, 3.8) is 0 Å². The third-order valence-corrected chi connectivity index (χ3v) is 6.31. The molecule has 1 aliphatic heterocycles. The zero-order valence-corrected chi connectivity index (χ0v) is 21.4. The quantitative estimate of drug-likeness (QED) is 0.221. The van der Waals surface area contributed by atoms with Gasteiger partial charge in [-0.2, -0.15) is 4.52 Å². The molecular weight excluding hydrogens is 545 g/mol. The molecule has 0 saturated carbocycles. The Kier molecular flexibility index (Phi) is 8.10. The number of terminal acetylenes is 1. The summed E-state index contributed by atoms with van der Waals surface area (Å²) in [6.45, 7) is 2.40. The van der Waals surface area contributed by atoms with Gasteiger partial charge in [0.1, 0.15) is 12.4 Å². The number of carbonyl (C=O) groups is 1. The summed E-state index contributed by atoms with van der Waals surface area (Å²) in [5.74, 6) is 1.78. The molecule has 1 aromatic carbocycles. The summed E-state index contributed by atoms with van der Waals surface area (Å²) in [6, 6.07) is 6.55. The average molecular weight is 566 g/mol. The number of nitrogens with zero attached hydrogens (tertiary/aromatic N) is 2. The third kappa shape index (κ3) is 6.14. The van der Waals surface area contributed by atoms with Crippen LogP contribution >= 0.6 is 24.1 Å². The second kappa shape index (κ2) is 10.7. The normalized spacial score (nSPS) is 21.3. The van der Waals surface area contributed by atoms with E-state index >= 15 is 0 Å². The Morgan fingerprint density at radius 3 is 2.74 bits per heavy atom.